The minimum atomic E-state index is -1.15. The van der Waals surface area contributed by atoms with E-state index in [2.05, 4.69) is 0 Å². The van der Waals surface area contributed by atoms with Crippen molar-refractivity contribution in [1.82, 2.24) is 10.1 Å². The molecule has 3 rings (SSSR count). The first-order chi connectivity index (χ1) is 7.44. The van der Waals surface area contributed by atoms with Crippen LogP contribution in [0, 0.1) is 0 Å². The smallest absolute Gasteiger partial charge is 0.185 e. The highest BCUT2D eigenvalue weighted by Gasteiger charge is 2.63. The zero-order valence-corrected chi connectivity index (χ0v) is 9.89. The number of fused-ring (bicyclic) bond motifs is 3. The lowest BCUT2D eigenvalue weighted by atomic mass is 9.91. The fourth-order valence-corrected chi connectivity index (χ4v) is 3.66. The van der Waals surface area contributed by atoms with Crippen molar-refractivity contribution in [3.8, 4) is 0 Å². The normalized spacial score (nSPS) is 54.0. The van der Waals surface area contributed by atoms with Crippen molar-refractivity contribution in [3.63, 3.8) is 0 Å². The van der Waals surface area contributed by atoms with Crippen LogP contribution in [-0.2, 0) is 4.84 Å². The molecule has 5 heteroatoms. The van der Waals surface area contributed by atoms with Gasteiger partial charge in [-0.1, -0.05) is 12.8 Å². The van der Waals surface area contributed by atoms with E-state index in [1.165, 1.54) is 17.9 Å². The minimum Gasteiger partial charge on any atom is -0.364 e. The molecule has 1 aliphatic carbocycles. The largest absolute Gasteiger partial charge is 0.364 e. The summed E-state index contributed by atoms with van der Waals surface area (Å²) in [6.07, 6.45) is 4.81. The molecule has 0 aromatic carbocycles. The highest BCUT2D eigenvalue weighted by Crippen LogP contribution is 2.49. The number of aliphatic hydroxyl groups is 1. The Morgan fingerprint density at radius 1 is 1.19 bits per heavy atom. The first-order valence-electron chi connectivity index (χ1n) is 6.13. The molecule has 0 radical (unpaired) electrons. The maximum Gasteiger partial charge on any atom is 0.185 e. The van der Waals surface area contributed by atoms with Gasteiger partial charge in [0.2, 0.25) is 0 Å². The van der Waals surface area contributed by atoms with Crippen LogP contribution in [0.25, 0.3) is 0 Å². The topological polar surface area (TPSA) is 56.2 Å². The van der Waals surface area contributed by atoms with Gasteiger partial charge in [-0.25, -0.2) is 0 Å². The zero-order valence-electron chi connectivity index (χ0n) is 9.89. The summed E-state index contributed by atoms with van der Waals surface area (Å²) in [5.74, 6) is -1.15. The van der Waals surface area contributed by atoms with Gasteiger partial charge in [0.25, 0.3) is 0 Å². The summed E-state index contributed by atoms with van der Waals surface area (Å²) in [5, 5.41) is 23.5. The SMILES string of the molecule is CC1(O)C[C@@]2(C)N(O)C3CCCC[C@@H]3N2O1. The van der Waals surface area contributed by atoms with Gasteiger partial charge in [0.15, 0.2) is 5.79 Å². The van der Waals surface area contributed by atoms with Crippen molar-refractivity contribution < 1.29 is 15.2 Å². The molecule has 0 aromatic heterocycles. The molecule has 5 nitrogen and oxygen atoms in total. The number of hydroxylamine groups is 4. The van der Waals surface area contributed by atoms with Crippen LogP contribution in [0.4, 0.5) is 0 Å². The summed E-state index contributed by atoms with van der Waals surface area (Å²) < 4.78 is 0. The summed E-state index contributed by atoms with van der Waals surface area (Å²) >= 11 is 0. The predicted molar refractivity (Wildman–Crippen MR) is 56.2 cm³/mol. The number of hydrogen-bond acceptors (Lipinski definition) is 5. The minimum absolute atomic E-state index is 0.162. The summed E-state index contributed by atoms with van der Waals surface area (Å²) in [6.45, 7) is 3.59. The van der Waals surface area contributed by atoms with Gasteiger partial charge in [0.05, 0.1) is 12.1 Å². The average Bonchev–Trinajstić information content (AvgIpc) is 2.57. The lowest BCUT2D eigenvalue weighted by Gasteiger charge is -2.32. The third-order valence-corrected chi connectivity index (χ3v) is 4.24. The van der Waals surface area contributed by atoms with Gasteiger partial charge in [0, 0.05) is 6.42 Å². The second kappa shape index (κ2) is 3.17. The Morgan fingerprint density at radius 3 is 2.50 bits per heavy atom. The van der Waals surface area contributed by atoms with Crippen molar-refractivity contribution in [1.29, 1.82) is 0 Å². The Bertz CT molecular complexity index is 310. The van der Waals surface area contributed by atoms with Gasteiger partial charge in [-0.3, -0.25) is 4.84 Å². The van der Waals surface area contributed by atoms with Crippen LogP contribution in [0.3, 0.4) is 0 Å². The maximum absolute atomic E-state index is 10.3. The predicted octanol–water partition coefficient (Wildman–Crippen LogP) is 1.06. The summed E-state index contributed by atoms with van der Waals surface area (Å²) in [6, 6.07) is 0.382. The lowest BCUT2D eigenvalue weighted by Crippen LogP contribution is -2.47. The second-order valence-corrected chi connectivity index (χ2v) is 5.75. The van der Waals surface area contributed by atoms with E-state index in [4.69, 9.17) is 4.84 Å². The Balaban J connectivity index is 1.93. The molecule has 2 heterocycles. The van der Waals surface area contributed by atoms with E-state index in [9.17, 15) is 10.3 Å². The van der Waals surface area contributed by atoms with Gasteiger partial charge in [-0.15, -0.1) is 0 Å². The van der Waals surface area contributed by atoms with Crippen LogP contribution in [-0.4, -0.2) is 44.0 Å². The second-order valence-electron chi connectivity index (χ2n) is 5.75. The molecule has 3 aliphatic rings. The molecule has 2 unspecified atom stereocenters. The first kappa shape index (κ1) is 10.9. The van der Waals surface area contributed by atoms with Crippen molar-refractivity contribution in [2.45, 2.75) is 69.5 Å². The average molecular weight is 228 g/mol. The van der Waals surface area contributed by atoms with Crippen LogP contribution >= 0.6 is 0 Å². The van der Waals surface area contributed by atoms with E-state index in [1.54, 1.807) is 6.92 Å². The van der Waals surface area contributed by atoms with Crippen molar-refractivity contribution >= 4 is 0 Å². The van der Waals surface area contributed by atoms with Crippen molar-refractivity contribution in [2.24, 2.45) is 0 Å². The molecule has 2 aliphatic heterocycles. The molecule has 92 valence electrons. The maximum atomic E-state index is 10.3. The number of rotatable bonds is 0. The van der Waals surface area contributed by atoms with E-state index in [1.807, 2.05) is 12.0 Å². The monoisotopic (exact) mass is 228 g/mol. The highest BCUT2D eigenvalue weighted by atomic mass is 16.8. The number of hydrogen-bond donors (Lipinski definition) is 2. The Kier molecular flexibility index (Phi) is 2.17. The molecular weight excluding hydrogens is 208 g/mol. The molecule has 2 N–H and O–H groups in total. The van der Waals surface area contributed by atoms with Crippen molar-refractivity contribution in [2.75, 3.05) is 0 Å². The van der Waals surface area contributed by atoms with Crippen molar-refractivity contribution in [3.05, 3.63) is 0 Å². The van der Waals surface area contributed by atoms with E-state index < -0.39 is 11.4 Å². The molecular formula is C11H20N2O3. The molecule has 2 saturated heterocycles. The summed E-state index contributed by atoms with van der Waals surface area (Å²) in [4.78, 5) is 5.60. The quantitative estimate of drug-likeness (QED) is 0.649. The van der Waals surface area contributed by atoms with Gasteiger partial charge in [-0.05, 0) is 26.7 Å². The van der Waals surface area contributed by atoms with Crippen LogP contribution in [0.1, 0.15) is 46.0 Å². The zero-order chi connectivity index (χ0) is 11.6. The first-order valence-corrected chi connectivity index (χ1v) is 6.13. The van der Waals surface area contributed by atoms with Gasteiger partial charge in [-0.2, -0.15) is 10.1 Å². The third-order valence-electron chi connectivity index (χ3n) is 4.24. The Hall–Kier alpha value is -0.200. The molecule has 1 saturated carbocycles. The van der Waals surface area contributed by atoms with E-state index in [0.717, 1.165) is 12.8 Å². The van der Waals surface area contributed by atoms with Crippen LogP contribution < -0.4 is 0 Å². The van der Waals surface area contributed by atoms with E-state index >= 15 is 0 Å². The fraction of sp³-hybridized carbons (Fsp3) is 1.00. The van der Waals surface area contributed by atoms with Crippen LogP contribution in [0.5, 0.6) is 0 Å². The molecule has 0 aromatic rings. The molecule has 0 bridgehead atoms. The molecule has 0 spiro atoms. The number of nitrogens with zero attached hydrogens (tertiary/aromatic N) is 2. The lowest BCUT2D eigenvalue weighted by molar-refractivity contribution is -0.300. The fourth-order valence-electron chi connectivity index (χ4n) is 3.66. The molecule has 4 atom stereocenters. The Morgan fingerprint density at radius 2 is 1.81 bits per heavy atom. The van der Waals surface area contributed by atoms with Gasteiger partial charge in [0.1, 0.15) is 5.66 Å². The Labute approximate surface area is 95.5 Å². The van der Waals surface area contributed by atoms with Gasteiger partial charge >= 0.3 is 0 Å². The standard InChI is InChI=1S/C11H20N2O3/c1-10-7-11(2,14)16-13(10)9-6-4-3-5-8(9)12(10)15/h8-9,14-15H,3-7H2,1-2H3/t8?,9-,10-,11?/m0/s1. The third kappa shape index (κ3) is 1.29. The van der Waals surface area contributed by atoms with E-state index in [-0.39, 0.29) is 12.1 Å². The summed E-state index contributed by atoms with van der Waals surface area (Å²) in [5.41, 5.74) is -0.566. The van der Waals surface area contributed by atoms with Gasteiger partial charge < -0.3 is 10.3 Å². The molecule has 0 amide bonds. The summed E-state index contributed by atoms with van der Waals surface area (Å²) in [7, 11) is 0. The van der Waals surface area contributed by atoms with Crippen LogP contribution in [0.2, 0.25) is 0 Å². The van der Waals surface area contributed by atoms with Crippen LogP contribution in [0.15, 0.2) is 0 Å². The molecule has 3 fully saturated rings. The highest BCUT2D eigenvalue weighted by molar-refractivity contribution is 5.04. The van der Waals surface area contributed by atoms with E-state index in [0.29, 0.717) is 6.42 Å². The molecule has 16 heavy (non-hydrogen) atoms.